The van der Waals surface area contributed by atoms with Crippen LogP contribution in [0.4, 0.5) is 0 Å². The zero-order valence-corrected chi connectivity index (χ0v) is 8.11. The maximum absolute atomic E-state index is 5.87. The highest BCUT2D eigenvalue weighted by atomic mass is 16.6. The van der Waals surface area contributed by atoms with E-state index in [2.05, 4.69) is 21.0 Å². The first kappa shape index (κ1) is 11.8. The summed E-state index contributed by atoms with van der Waals surface area (Å²) in [7, 11) is 1.58. The van der Waals surface area contributed by atoms with Crippen LogP contribution < -0.4 is 21.8 Å². The van der Waals surface area contributed by atoms with E-state index < -0.39 is 0 Å². The Morgan fingerprint density at radius 3 is 2.67 bits per heavy atom. The Labute approximate surface area is 74.0 Å². The van der Waals surface area contributed by atoms with Gasteiger partial charge in [0.25, 0.3) is 0 Å². The summed E-state index contributed by atoms with van der Waals surface area (Å²) in [5.41, 5.74) is 8.18. The standard InChI is InChI=1S/C7H20N4O/c1-4-10-7(2,8)5-9-6-11-12-3/h9-11H,4-6,8H2,1-3H3. The second-order valence-electron chi connectivity index (χ2n) is 2.90. The molecule has 5 N–H and O–H groups in total. The van der Waals surface area contributed by atoms with E-state index in [1.807, 2.05) is 13.8 Å². The van der Waals surface area contributed by atoms with Crippen molar-refractivity contribution in [2.75, 3.05) is 26.9 Å². The molecule has 1 atom stereocenters. The molecule has 0 aromatic heterocycles. The zero-order valence-electron chi connectivity index (χ0n) is 8.11. The van der Waals surface area contributed by atoms with Crippen molar-refractivity contribution in [2.24, 2.45) is 5.73 Å². The first-order valence-corrected chi connectivity index (χ1v) is 4.13. The fraction of sp³-hybridized carbons (Fsp3) is 1.00. The molecule has 0 aromatic carbocycles. The van der Waals surface area contributed by atoms with Crippen molar-refractivity contribution in [1.29, 1.82) is 0 Å². The van der Waals surface area contributed by atoms with E-state index in [4.69, 9.17) is 5.73 Å². The van der Waals surface area contributed by atoms with Gasteiger partial charge in [-0.15, -0.1) is 0 Å². The maximum Gasteiger partial charge on any atom is 0.0761 e. The van der Waals surface area contributed by atoms with Gasteiger partial charge in [-0.1, -0.05) is 6.92 Å². The predicted molar refractivity (Wildman–Crippen MR) is 49.3 cm³/mol. The molecule has 5 heteroatoms. The van der Waals surface area contributed by atoms with Crippen LogP contribution >= 0.6 is 0 Å². The second kappa shape index (κ2) is 6.33. The molecular weight excluding hydrogens is 156 g/mol. The molecule has 0 spiro atoms. The third kappa shape index (κ3) is 6.51. The first-order valence-electron chi connectivity index (χ1n) is 4.13. The Kier molecular flexibility index (Phi) is 6.23. The van der Waals surface area contributed by atoms with Crippen LogP contribution in [-0.4, -0.2) is 32.5 Å². The lowest BCUT2D eigenvalue weighted by molar-refractivity contribution is 0.0839. The summed E-state index contributed by atoms with van der Waals surface area (Å²) in [5, 5.41) is 6.23. The molecule has 0 amide bonds. The summed E-state index contributed by atoms with van der Waals surface area (Å²) in [4.78, 5) is 4.64. The molecule has 0 saturated heterocycles. The Morgan fingerprint density at radius 1 is 1.50 bits per heavy atom. The summed E-state index contributed by atoms with van der Waals surface area (Å²) in [6.07, 6.45) is 0. The molecule has 0 aliphatic heterocycles. The summed E-state index contributed by atoms with van der Waals surface area (Å²) in [6, 6.07) is 0. The highest BCUT2D eigenvalue weighted by molar-refractivity contribution is 4.76. The minimum atomic E-state index is -0.357. The Balaban J connectivity index is 3.33. The van der Waals surface area contributed by atoms with Gasteiger partial charge in [0.1, 0.15) is 0 Å². The predicted octanol–water partition coefficient (Wildman–Crippen LogP) is -1.03. The van der Waals surface area contributed by atoms with Crippen LogP contribution in [-0.2, 0) is 4.84 Å². The Morgan fingerprint density at radius 2 is 2.17 bits per heavy atom. The average molecular weight is 176 g/mol. The normalized spacial score (nSPS) is 16.0. The van der Waals surface area contributed by atoms with Crippen LogP contribution in [0.3, 0.4) is 0 Å². The van der Waals surface area contributed by atoms with Crippen molar-refractivity contribution in [3.05, 3.63) is 0 Å². The van der Waals surface area contributed by atoms with Gasteiger partial charge in [-0.25, -0.2) is 0 Å². The fourth-order valence-corrected chi connectivity index (χ4v) is 0.912. The minimum Gasteiger partial charge on any atom is -0.312 e. The van der Waals surface area contributed by atoms with Crippen molar-refractivity contribution in [1.82, 2.24) is 16.1 Å². The molecule has 5 nitrogen and oxygen atoms in total. The fourth-order valence-electron chi connectivity index (χ4n) is 0.912. The van der Waals surface area contributed by atoms with Crippen LogP contribution in [0.2, 0.25) is 0 Å². The molecule has 1 unspecified atom stereocenters. The molecule has 12 heavy (non-hydrogen) atoms. The van der Waals surface area contributed by atoms with E-state index in [1.165, 1.54) is 0 Å². The summed E-state index contributed by atoms with van der Waals surface area (Å²) < 4.78 is 0. The summed E-state index contributed by atoms with van der Waals surface area (Å²) >= 11 is 0. The van der Waals surface area contributed by atoms with Gasteiger partial charge in [-0.05, 0) is 13.5 Å². The molecule has 0 rings (SSSR count). The average Bonchev–Trinajstić information content (AvgIpc) is 1.98. The van der Waals surface area contributed by atoms with E-state index in [1.54, 1.807) is 7.11 Å². The molecule has 0 aromatic rings. The summed E-state index contributed by atoms with van der Waals surface area (Å²) in [5.74, 6) is 0. The molecule has 0 saturated carbocycles. The van der Waals surface area contributed by atoms with Gasteiger partial charge in [0.15, 0.2) is 0 Å². The highest BCUT2D eigenvalue weighted by Crippen LogP contribution is 1.88. The molecule has 74 valence electrons. The quantitative estimate of drug-likeness (QED) is 0.227. The van der Waals surface area contributed by atoms with Gasteiger partial charge < -0.3 is 10.6 Å². The molecule has 0 fully saturated rings. The molecule has 0 radical (unpaired) electrons. The van der Waals surface area contributed by atoms with Gasteiger partial charge >= 0.3 is 0 Å². The van der Waals surface area contributed by atoms with E-state index in [-0.39, 0.29) is 5.66 Å². The van der Waals surface area contributed by atoms with Crippen LogP contribution in [0.5, 0.6) is 0 Å². The topological polar surface area (TPSA) is 71.3 Å². The SMILES string of the molecule is CCNC(C)(N)CNCNOC. The number of nitrogens with two attached hydrogens (primary N) is 1. The Hall–Kier alpha value is -0.200. The Bertz CT molecular complexity index is 108. The van der Waals surface area contributed by atoms with Gasteiger partial charge in [0, 0.05) is 6.54 Å². The van der Waals surface area contributed by atoms with Crippen molar-refractivity contribution in [3.63, 3.8) is 0 Å². The molecule has 0 aliphatic rings. The van der Waals surface area contributed by atoms with Crippen molar-refractivity contribution >= 4 is 0 Å². The van der Waals surface area contributed by atoms with Crippen LogP contribution in [0, 0.1) is 0 Å². The number of hydroxylamine groups is 1. The minimum absolute atomic E-state index is 0.357. The third-order valence-electron chi connectivity index (χ3n) is 1.41. The van der Waals surface area contributed by atoms with Crippen LogP contribution in [0.15, 0.2) is 0 Å². The van der Waals surface area contributed by atoms with Gasteiger partial charge in [-0.3, -0.25) is 10.6 Å². The lowest BCUT2D eigenvalue weighted by Crippen LogP contribution is -2.58. The van der Waals surface area contributed by atoms with E-state index in [9.17, 15) is 0 Å². The monoisotopic (exact) mass is 176 g/mol. The third-order valence-corrected chi connectivity index (χ3v) is 1.41. The van der Waals surface area contributed by atoms with Crippen LogP contribution in [0.1, 0.15) is 13.8 Å². The molecule has 0 aliphatic carbocycles. The zero-order chi connectivity index (χ0) is 9.45. The van der Waals surface area contributed by atoms with Crippen LogP contribution in [0.25, 0.3) is 0 Å². The maximum atomic E-state index is 5.87. The number of nitrogens with one attached hydrogen (secondary N) is 3. The second-order valence-corrected chi connectivity index (χ2v) is 2.90. The summed E-state index contributed by atoms with van der Waals surface area (Å²) in [6.45, 7) is 6.12. The van der Waals surface area contributed by atoms with Crippen molar-refractivity contribution in [3.8, 4) is 0 Å². The van der Waals surface area contributed by atoms with Gasteiger partial charge in [-0.2, -0.15) is 5.48 Å². The van der Waals surface area contributed by atoms with E-state index in [0.717, 1.165) is 6.54 Å². The van der Waals surface area contributed by atoms with Crippen molar-refractivity contribution < 1.29 is 4.84 Å². The smallest absolute Gasteiger partial charge is 0.0761 e. The number of likely N-dealkylation sites (N-methyl/N-ethyl adjacent to an activating group) is 1. The number of hydrogen-bond acceptors (Lipinski definition) is 5. The van der Waals surface area contributed by atoms with Crippen molar-refractivity contribution in [2.45, 2.75) is 19.5 Å². The molecule has 0 heterocycles. The van der Waals surface area contributed by atoms with E-state index in [0.29, 0.717) is 13.2 Å². The van der Waals surface area contributed by atoms with Gasteiger partial charge in [0.05, 0.1) is 19.4 Å². The lowest BCUT2D eigenvalue weighted by atomic mass is 10.2. The lowest BCUT2D eigenvalue weighted by Gasteiger charge is -2.25. The molecule has 0 bridgehead atoms. The first-order chi connectivity index (χ1) is 5.62. The highest BCUT2D eigenvalue weighted by Gasteiger charge is 2.14. The largest absolute Gasteiger partial charge is 0.312 e. The van der Waals surface area contributed by atoms with Gasteiger partial charge in [0.2, 0.25) is 0 Å². The van der Waals surface area contributed by atoms with E-state index >= 15 is 0 Å². The molecular formula is C7H20N4O. The number of rotatable bonds is 7. The number of hydrogen-bond donors (Lipinski definition) is 4.